The summed E-state index contributed by atoms with van der Waals surface area (Å²) in [6.45, 7) is 1.64. The van der Waals surface area contributed by atoms with Crippen LogP contribution in [0.1, 0.15) is 29.8 Å². The number of likely N-dealkylation sites (tertiary alicyclic amines) is 1. The summed E-state index contributed by atoms with van der Waals surface area (Å²) >= 11 is 0. The van der Waals surface area contributed by atoms with Gasteiger partial charge in [-0.3, -0.25) is 4.79 Å². The van der Waals surface area contributed by atoms with Crippen molar-refractivity contribution in [3.8, 4) is 5.75 Å². The molecule has 15 heavy (non-hydrogen) atoms. The van der Waals surface area contributed by atoms with Crippen molar-refractivity contribution in [1.29, 1.82) is 0 Å². The van der Waals surface area contributed by atoms with Gasteiger partial charge >= 0.3 is 0 Å². The summed E-state index contributed by atoms with van der Waals surface area (Å²) in [7, 11) is 0. The number of piperidine rings is 1. The van der Waals surface area contributed by atoms with Crippen LogP contribution in [0.3, 0.4) is 0 Å². The predicted octanol–water partition coefficient (Wildman–Crippen LogP) is 1.41. The molecule has 0 unspecified atom stereocenters. The van der Waals surface area contributed by atoms with Crippen molar-refractivity contribution in [2.24, 2.45) is 0 Å². The summed E-state index contributed by atoms with van der Waals surface area (Å²) in [6, 6.07) is 3.05. The van der Waals surface area contributed by atoms with Gasteiger partial charge in [-0.15, -0.1) is 0 Å². The first kappa shape index (κ1) is 9.96. The first-order valence-electron chi connectivity index (χ1n) is 5.21. The van der Waals surface area contributed by atoms with Gasteiger partial charge in [0.25, 0.3) is 5.91 Å². The molecular formula is C11H14N2O2. The molecule has 1 saturated heterocycles. The number of pyridine rings is 1. The summed E-state index contributed by atoms with van der Waals surface area (Å²) in [6.07, 6.45) is 4.65. The Labute approximate surface area is 88.6 Å². The summed E-state index contributed by atoms with van der Waals surface area (Å²) in [4.78, 5) is 17.6. The third kappa shape index (κ3) is 2.26. The SMILES string of the molecule is O=C(c1ccc(O)cn1)N1CCCCC1. The highest BCUT2D eigenvalue weighted by Gasteiger charge is 2.18. The molecule has 80 valence electrons. The Bertz CT molecular complexity index is 342. The van der Waals surface area contributed by atoms with Gasteiger partial charge < -0.3 is 10.0 Å². The third-order valence-electron chi connectivity index (χ3n) is 2.61. The molecule has 1 aromatic heterocycles. The van der Waals surface area contributed by atoms with Crippen LogP contribution in [0.5, 0.6) is 5.75 Å². The molecular weight excluding hydrogens is 192 g/mol. The Morgan fingerprint density at radius 3 is 2.60 bits per heavy atom. The fourth-order valence-corrected chi connectivity index (χ4v) is 1.77. The van der Waals surface area contributed by atoms with Gasteiger partial charge in [0.1, 0.15) is 11.4 Å². The van der Waals surface area contributed by atoms with E-state index in [2.05, 4.69) is 4.98 Å². The fraction of sp³-hybridized carbons (Fsp3) is 0.455. The molecule has 0 bridgehead atoms. The largest absolute Gasteiger partial charge is 0.506 e. The van der Waals surface area contributed by atoms with Gasteiger partial charge in [0.05, 0.1) is 6.20 Å². The van der Waals surface area contributed by atoms with E-state index in [4.69, 9.17) is 5.11 Å². The van der Waals surface area contributed by atoms with Crippen molar-refractivity contribution in [2.45, 2.75) is 19.3 Å². The Kier molecular flexibility index (Phi) is 2.85. The molecule has 2 heterocycles. The molecule has 1 aromatic rings. The average Bonchev–Trinajstić information content (AvgIpc) is 2.30. The zero-order valence-corrected chi connectivity index (χ0v) is 8.52. The highest BCUT2D eigenvalue weighted by Crippen LogP contribution is 2.13. The number of hydrogen-bond donors (Lipinski definition) is 1. The minimum absolute atomic E-state index is 0.0327. The summed E-state index contributed by atoms with van der Waals surface area (Å²) < 4.78 is 0. The number of aromatic hydroxyl groups is 1. The molecule has 2 rings (SSSR count). The monoisotopic (exact) mass is 206 g/mol. The van der Waals surface area contributed by atoms with E-state index in [0.29, 0.717) is 5.69 Å². The lowest BCUT2D eigenvalue weighted by molar-refractivity contribution is 0.0718. The molecule has 1 fully saturated rings. The number of aromatic nitrogens is 1. The lowest BCUT2D eigenvalue weighted by atomic mass is 10.1. The minimum atomic E-state index is -0.0327. The lowest BCUT2D eigenvalue weighted by Gasteiger charge is -2.26. The Hall–Kier alpha value is -1.58. The third-order valence-corrected chi connectivity index (χ3v) is 2.61. The number of hydrogen-bond acceptors (Lipinski definition) is 3. The van der Waals surface area contributed by atoms with Gasteiger partial charge in [-0.05, 0) is 31.4 Å². The summed E-state index contributed by atoms with van der Waals surface area (Å²) in [5.41, 5.74) is 0.412. The van der Waals surface area contributed by atoms with Crippen LogP contribution in [-0.4, -0.2) is 34.0 Å². The average molecular weight is 206 g/mol. The molecule has 4 nitrogen and oxygen atoms in total. The molecule has 0 spiro atoms. The topological polar surface area (TPSA) is 53.4 Å². The van der Waals surface area contributed by atoms with Gasteiger partial charge in [0.2, 0.25) is 0 Å². The zero-order valence-electron chi connectivity index (χ0n) is 8.52. The number of rotatable bonds is 1. The second-order valence-electron chi connectivity index (χ2n) is 3.75. The van der Waals surface area contributed by atoms with Crippen molar-refractivity contribution < 1.29 is 9.90 Å². The van der Waals surface area contributed by atoms with Crippen molar-refractivity contribution in [3.05, 3.63) is 24.0 Å². The molecule has 0 atom stereocenters. The lowest BCUT2D eigenvalue weighted by Crippen LogP contribution is -2.35. The second-order valence-corrected chi connectivity index (χ2v) is 3.75. The molecule has 1 aliphatic heterocycles. The predicted molar refractivity (Wildman–Crippen MR) is 55.7 cm³/mol. The van der Waals surface area contributed by atoms with Gasteiger partial charge in [-0.2, -0.15) is 0 Å². The van der Waals surface area contributed by atoms with Crippen LogP contribution in [0, 0.1) is 0 Å². The zero-order chi connectivity index (χ0) is 10.7. The smallest absolute Gasteiger partial charge is 0.272 e. The van der Waals surface area contributed by atoms with Crippen LogP contribution >= 0.6 is 0 Å². The summed E-state index contributed by atoms with van der Waals surface area (Å²) in [5, 5.41) is 9.06. The number of nitrogens with zero attached hydrogens (tertiary/aromatic N) is 2. The highest BCUT2D eigenvalue weighted by atomic mass is 16.3. The van der Waals surface area contributed by atoms with Crippen LogP contribution in [0.4, 0.5) is 0 Å². The van der Waals surface area contributed by atoms with E-state index >= 15 is 0 Å². The molecule has 1 N–H and O–H groups in total. The van der Waals surface area contributed by atoms with E-state index < -0.39 is 0 Å². The number of carbonyl (C=O) groups excluding carboxylic acids is 1. The molecule has 0 saturated carbocycles. The van der Waals surface area contributed by atoms with Gasteiger partial charge in [0, 0.05) is 13.1 Å². The number of amides is 1. The Morgan fingerprint density at radius 1 is 1.27 bits per heavy atom. The van der Waals surface area contributed by atoms with Crippen molar-refractivity contribution >= 4 is 5.91 Å². The maximum absolute atomic E-state index is 11.9. The molecule has 4 heteroatoms. The number of carbonyl (C=O) groups is 1. The minimum Gasteiger partial charge on any atom is -0.506 e. The second kappa shape index (κ2) is 4.29. The van der Waals surface area contributed by atoms with E-state index in [9.17, 15) is 4.79 Å². The van der Waals surface area contributed by atoms with E-state index in [1.54, 1.807) is 6.07 Å². The van der Waals surface area contributed by atoms with Crippen LogP contribution < -0.4 is 0 Å². The molecule has 0 aromatic carbocycles. The van der Waals surface area contributed by atoms with Crippen molar-refractivity contribution in [2.75, 3.05) is 13.1 Å². The molecule has 1 aliphatic rings. The van der Waals surface area contributed by atoms with E-state index in [1.807, 2.05) is 4.90 Å². The quantitative estimate of drug-likeness (QED) is 0.756. The van der Waals surface area contributed by atoms with Crippen molar-refractivity contribution in [1.82, 2.24) is 9.88 Å². The van der Waals surface area contributed by atoms with Crippen LogP contribution in [0.15, 0.2) is 18.3 Å². The van der Waals surface area contributed by atoms with Crippen LogP contribution in [-0.2, 0) is 0 Å². The Balaban J connectivity index is 2.09. The first-order valence-corrected chi connectivity index (χ1v) is 5.21. The van der Waals surface area contributed by atoms with E-state index in [-0.39, 0.29) is 11.7 Å². The standard InChI is InChI=1S/C11H14N2O2/c14-9-4-5-10(12-8-9)11(15)13-6-2-1-3-7-13/h4-5,8,14H,1-3,6-7H2. The maximum atomic E-state index is 11.9. The van der Waals surface area contributed by atoms with E-state index in [0.717, 1.165) is 25.9 Å². The highest BCUT2D eigenvalue weighted by molar-refractivity contribution is 5.92. The maximum Gasteiger partial charge on any atom is 0.272 e. The van der Waals surface area contributed by atoms with Crippen molar-refractivity contribution in [3.63, 3.8) is 0 Å². The normalized spacial score (nSPS) is 16.4. The van der Waals surface area contributed by atoms with Gasteiger partial charge in [-0.1, -0.05) is 0 Å². The van der Waals surface area contributed by atoms with E-state index in [1.165, 1.54) is 18.7 Å². The summed E-state index contributed by atoms with van der Waals surface area (Å²) in [5.74, 6) is 0.0555. The molecule has 0 radical (unpaired) electrons. The molecule has 1 amide bonds. The van der Waals surface area contributed by atoms with Crippen LogP contribution in [0.2, 0.25) is 0 Å². The fourth-order valence-electron chi connectivity index (χ4n) is 1.77. The van der Waals surface area contributed by atoms with Crippen LogP contribution in [0.25, 0.3) is 0 Å². The van der Waals surface area contributed by atoms with Gasteiger partial charge in [0.15, 0.2) is 0 Å². The molecule has 0 aliphatic carbocycles. The van der Waals surface area contributed by atoms with Gasteiger partial charge in [-0.25, -0.2) is 4.98 Å². The Morgan fingerprint density at radius 2 is 2.00 bits per heavy atom. The first-order chi connectivity index (χ1) is 7.27.